The van der Waals surface area contributed by atoms with Crippen molar-refractivity contribution in [1.29, 1.82) is 0 Å². The van der Waals surface area contributed by atoms with Gasteiger partial charge in [0.05, 0.1) is 4.92 Å². The van der Waals surface area contributed by atoms with Crippen LogP contribution in [0.15, 0.2) is 16.7 Å². The number of nitro groups is 1. The van der Waals surface area contributed by atoms with Gasteiger partial charge in [0, 0.05) is 16.7 Å². The molecule has 1 aromatic heterocycles. The summed E-state index contributed by atoms with van der Waals surface area (Å²) in [5.41, 5.74) is -0.285. The van der Waals surface area contributed by atoms with E-state index in [4.69, 9.17) is 5.11 Å². The molecule has 0 bridgehead atoms. The van der Waals surface area contributed by atoms with Gasteiger partial charge in [-0.2, -0.15) is 0 Å². The minimum atomic E-state index is -1.11. The molecule has 1 atom stereocenters. The SMILES string of the molecule is CCC(C(=O)O)c1ncc(Br)cc1[N+](=O)[O-]. The molecule has 7 heteroatoms. The van der Waals surface area contributed by atoms with Crippen molar-refractivity contribution in [3.63, 3.8) is 0 Å². The summed E-state index contributed by atoms with van der Waals surface area (Å²) in [6, 6.07) is 1.26. The zero-order valence-electron chi connectivity index (χ0n) is 8.38. The molecular weight excluding hydrogens is 280 g/mol. The molecule has 0 fully saturated rings. The van der Waals surface area contributed by atoms with Crippen molar-refractivity contribution in [2.45, 2.75) is 19.3 Å². The van der Waals surface area contributed by atoms with E-state index in [0.717, 1.165) is 0 Å². The molecule has 1 rings (SSSR count). The summed E-state index contributed by atoms with van der Waals surface area (Å²) in [5, 5.41) is 19.7. The highest BCUT2D eigenvalue weighted by molar-refractivity contribution is 9.10. The van der Waals surface area contributed by atoms with E-state index in [1.807, 2.05) is 0 Å². The lowest BCUT2D eigenvalue weighted by Gasteiger charge is -2.09. The molecule has 1 aromatic rings. The van der Waals surface area contributed by atoms with Crippen molar-refractivity contribution in [1.82, 2.24) is 4.98 Å². The third kappa shape index (κ3) is 2.54. The molecule has 0 aliphatic carbocycles. The Kier molecular flexibility index (Phi) is 3.94. The van der Waals surface area contributed by atoms with Crippen LogP contribution in [0.2, 0.25) is 0 Å². The van der Waals surface area contributed by atoms with Crippen LogP contribution in [0.1, 0.15) is 25.0 Å². The van der Waals surface area contributed by atoms with E-state index in [-0.39, 0.29) is 17.8 Å². The van der Waals surface area contributed by atoms with Crippen molar-refractivity contribution in [2.24, 2.45) is 0 Å². The van der Waals surface area contributed by atoms with E-state index in [9.17, 15) is 14.9 Å². The average molecular weight is 289 g/mol. The van der Waals surface area contributed by atoms with E-state index in [1.54, 1.807) is 6.92 Å². The lowest BCUT2D eigenvalue weighted by molar-refractivity contribution is -0.386. The highest BCUT2D eigenvalue weighted by Crippen LogP contribution is 2.29. The summed E-state index contributed by atoms with van der Waals surface area (Å²) in [5.74, 6) is -2.06. The minimum absolute atomic E-state index is 0.0109. The highest BCUT2D eigenvalue weighted by Gasteiger charge is 2.28. The summed E-state index contributed by atoms with van der Waals surface area (Å²) in [7, 11) is 0. The number of pyridine rings is 1. The summed E-state index contributed by atoms with van der Waals surface area (Å²) in [6.45, 7) is 1.65. The number of aromatic nitrogens is 1. The molecule has 6 nitrogen and oxygen atoms in total. The summed E-state index contributed by atoms with van der Waals surface area (Å²) in [6.07, 6.45) is 1.61. The molecule has 0 saturated heterocycles. The molecule has 0 amide bonds. The van der Waals surface area contributed by atoms with E-state index in [2.05, 4.69) is 20.9 Å². The van der Waals surface area contributed by atoms with Gasteiger partial charge in [0.25, 0.3) is 5.69 Å². The first-order valence-electron chi connectivity index (χ1n) is 4.50. The number of rotatable bonds is 4. The van der Waals surface area contributed by atoms with Crippen LogP contribution in [0.5, 0.6) is 0 Å². The number of carboxylic acids is 1. The van der Waals surface area contributed by atoms with Crippen LogP contribution >= 0.6 is 15.9 Å². The van der Waals surface area contributed by atoms with Gasteiger partial charge < -0.3 is 5.11 Å². The Bertz CT molecular complexity index is 436. The molecule has 86 valence electrons. The van der Waals surface area contributed by atoms with E-state index < -0.39 is 16.8 Å². The standard InChI is InChI=1S/C9H9BrN2O4/c1-2-6(9(13)14)8-7(12(15)16)3-5(10)4-11-8/h3-4,6H,2H2,1H3,(H,13,14). The number of hydrogen-bond acceptors (Lipinski definition) is 4. The maximum Gasteiger partial charge on any atom is 0.312 e. The lowest BCUT2D eigenvalue weighted by atomic mass is 10.0. The fourth-order valence-electron chi connectivity index (χ4n) is 1.34. The summed E-state index contributed by atoms with van der Waals surface area (Å²) in [4.78, 5) is 24.9. The third-order valence-corrected chi connectivity index (χ3v) is 2.53. The Morgan fingerprint density at radius 3 is 2.81 bits per heavy atom. The maximum atomic E-state index is 10.9. The largest absolute Gasteiger partial charge is 0.481 e. The lowest BCUT2D eigenvalue weighted by Crippen LogP contribution is -2.14. The number of aliphatic carboxylic acids is 1. The van der Waals surface area contributed by atoms with Gasteiger partial charge in [-0.05, 0) is 22.4 Å². The molecule has 0 saturated carbocycles. The molecule has 1 heterocycles. The Morgan fingerprint density at radius 2 is 2.38 bits per heavy atom. The zero-order chi connectivity index (χ0) is 12.3. The average Bonchev–Trinajstić information content (AvgIpc) is 2.20. The molecule has 0 spiro atoms. The third-order valence-electron chi connectivity index (χ3n) is 2.10. The van der Waals surface area contributed by atoms with Gasteiger partial charge in [-0.15, -0.1) is 0 Å². The van der Waals surface area contributed by atoms with Crippen LogP contribution < -0.4 is 0 Å². The Balaban J connectivity index is 3.31. The second kappa shape index (κ2) is 5.02. The normalized spacial score (nSPS) is 12.1. The Hall–Kier alpha value is -1.50. The second-order valence-electron chi connectivity index (χ2n) is 3.11. The van der Waals surface area contributed by atoms with Gasteiger partial charge >= 0.3 is 5.97 Å². The first-order valence-corrected chi connectivity index (χ1v) is 5.29. The van der Waals surface area contributed by atoms with E-state index in [1.165, 1.54) is 12.3 Å². The van der Waals surface area contributed by atoms with Gasteiger partial charge in [0.2, 0.25) is 0 Å². The molecule has 0 aliphatic rings. The maximum absolute atomic E-state index is 10.9. The number of halogens is 1. The number of hydrogen-bond donors (Lipinski definition) is 1. The molecule has 1 unspecified atom stereocenters. The van der Waals surface area contributed by atoms with E-state index >= 15 is 0 Å². The van der Waals surface area contributed by atoms with Crippen molar-refractivity contribution in [2.75, 3.05) is 0 Å². The van der Waals surface area contributed by atoms with Gasteiger partial charge in [-0.25, -0.2) is 0 Å². The molecule has 0 aliphatic heterocycles. The first-order chi connectivity index (χ1) is 7.47. The predicted octanol–water partition coefficient (Wildman–Crippen LogP) is 2.33. The summed E-state index contributed by atoms with van der Waals surface area (Å²) < 4.78 is 0.447. The van der Waals surface area contributed by atoms with Crippen LogP contribution in [-0.4, -0.2) is 21.0 Å². The quantitative estimate of drug-likeness (QED) is 0.678. The zero-order valence-corrected chi connectivity index (χ0v) is 9.97. The highest BCUT2D eigenvalue weighted by atomic mass is 79.9. The Morgan fingerprint density at radius 1 is 1.75 bits per heavy atom. The minimum Gasteiger partial charge on any atom is -0.481 e. The van der Waals surface area contributed by atoms with Gasteiger partial charge in [0.1, 0.15) is 11.6 Å². The van der Waals surface area contributed by atoms with Crippen LogP contribution in [0.4, 0.5) is 5.69 Å². The van der Waals surface area contributed by atoms with Crippen LogP contribution in [0.3, 0.4) is 0 Å². The molecular formula is C9H9BrN2O4. The predicted molar refractivity (Wildman–Crippen MR) is 59.3 cm³/mol. The number of carbonyl (C=O) groups is 1. The van der Waals surface area contributed by atoms with Gasteiger partial charge in [-0.3, -0.25) is 19.9 Å². The van der Waals surface area contributed by atoms with Crippen molar-refractivity contribution < 1.29 is 14.8 Å². The second-order valence-corrected chi connectivity index (χ2v) is 4.03. The monoisotopic (exact) mass is 288 g/mol. The smallest absolute Gasteiger partial charge is 0.312 e. The Labute approximate surface area is 99.6 Å². The molecule has 16 heavy (non-hydrogen) atoms. The molecule has 0 radical (unpaired) electrons. The van der Waals surface area contributed by atoms with E-state index in [0.29, 0.717) is 4.47 Å². The topological polar surface area (TPSA) is 93.3 Å². The summed E-state index contributed by atoms with van der Waals surface area (Å²) >= 11 is 3.06. The van der Waals surface area contributed by atoms with Crippen LogP contribution in [-0.2, 0) is 4.79 Å². The van der Waals surface area contributed by atoms with Gasteiger partial charge in [-0.1, -0.05) is 6.92 Å². The number of nitrogens with zero attached hydrogens (tertiary/aromatic N) is 2. The first kappa shape index (κ1) is 12.6. The molecule has 1 N–H and O–H groups in total. The fraction of sp³-hybridized carbons (Fsp3) is 0.333. The number of carboxylic acid groups (broad SMARTS) is 1. The van der Waals surface area contributed by atoms with Crippen molar-refractivity contribution in [3.8, 4) is 0 Å². The van der Waals surface area contributed by atoms with Crippen LogP contribution in [0, 0.1) is 10.1 Å². The van der Waals surface area contributed by atoms with Crippen LogP contribution in [0.25, 0.3) is 0 Å². The van der Waals surface area contributed by atoms with Gasteiger partial charge in [0.15, 0.2) is 0 Å². The van der Waals surface area contributed by atoms with Crippen molar-refractivity contribution >= 4 is 27.6 Å². The van der Waals surface area contributed by atoms with Crippen molar-refractivity contribution in [3.05, 3.63) is 32.5 Å². The molecule has 0 aromatic carbocycles. The fourth-order valence-corrected chi connectivity index (χ4v) is 1.66.